The first-order chi connectivity index (χ1) is 8.25. The highest BCUT2D eigenvalue weighted by Gasteiger charge is 2.16. The van der Waals surface area contributed by atoms with Crippen LogP contribution in [0, 0.1) is 0 Å². The summed E-state index contributed by atoms with van der Waals surface area (Å²) in [6.07, 6.45) is 4.29. The van der Waals surface area contributed by atoms with Crippen molar-refractivity contribution in [2.75, 3.05) is 18.4 Å². The Labute approximate surface area is 103 Å². The van der Waals surface area contributed by atoms with Crippen molar-refractivity contribution in [3.05, 3.63) is 24.4 Å². The van der Waals surface area contributed by atoms with E-state index in [2.05, 4.69) is 34.0 Å². The molecule has 0 aliphatic carbocycles. The summed E-state index contributed by atoms with van der Waals surface area (Å²) in [6, 6.07) is 6.15. The average Bonchev–Trinajstić information content (AvgIpc) is 2.82. The molecule has 0 radical (unpaired) electrons. The molecule has 2 heterocycles. The second kappa shape index (κ2) is 5.66. The van der Waals surface area contributed by atoms with Gasteiger partial charge in [-0.2, -0.15) is 0 Å². The van der Waals surface area contributed by atoms with E-state index < -0.39 is 0 Å². The van der Waals surface area contributed by atoms with Crippen molar-refractivity contribution in [3.8, 4) is 0 Å². The molecule has 92 valence electrons. The van der Waals surface area contributed by atoms with Crippen LogP contribution in [0.1, 0.15) is 26.7 Å². The van der Waals surface area contributed by atoms with E-state index in [1.165, 1.54) is 12.8 Å². The third-order valence-electron chi connectivity index (χ3n) is 2.69. The fourth-order valence-corrected chi connectivity index (χ4v) is 1.92. The van der Waals surface area contributed by atoms with E-state index in [-0.39, 0.29) is 0 Å². The molecule has 1 fully saturated rings. The summed E-state index contributed by atoms with van der Waals surface area (Å²) in [4.78, 5) is 11.2. The number of anilines is 1. The van der Waals surface area contributed by atoms with Crippen molar-refractivity contribution in [1.29, 1.82) is 0 Å². The van der Waals surface area contributed by atoms with Gasteiger partial charge in [-0.25, -0.2) is 4.98 Å². The minimum Gasteiger partial charge on any atom is -0.343 e. The molecule has 1 aromatic rings. The molecule has 4 nitrogen and oxygen atoms in total. The second-order valence-electron chi connectivity index (χ2n) is 4.58. The van der Waals surface area contributed by atoms with Crippen LogP contribution in [0.3, 0.4) is 0 Å². The molecular formula is C13H20N4. The van der Waals surface area contributed by atoms with Crippen molar-refractivity contribution in [2.24, 2.45) is 4.99 Å². The van der Waals surface area contributed by atoms with Gasteiger partial charge in [-0.3, -0.25) is 4.99 Å². The van der Waals surface area contributed by atoms with E-state index in [1.807, 2.05) is 18.2 Å². The lowest BCUT2D eigenvalue weighted by molar-refractivity contribution is 0.512. The molecule has 17 heavy (non-hydrogen) atoms. The van der Waals surface area contributed by atoms with E-state index in [4.69, 9.17) is 0 Å². The zero-order valence-corrected chi connectivity index (χ0v) is 10.6. The third-order valence-corrected chi connectivity index (χ3v) is 2.69. The molecule has 0 spiro atoms. The van der Waals surface area contributed by atoms with E-state index in [0.29, 0.717) is 6.04 Å². The average molecular weight is 232 g/mol. The van der Waals surface area contributed by atoms with Gasteiger partial charge in [-0.15, -0.1) is 0 Å². The highest BCUT2D eigenvalue weighted by Crippen LogP contribution is 2.11. The van der Waals surface area contributed by atoms with Gasteiger partial charge in [0.25, 0.3) is 0 Å². The number of nitrogens with one attached hydrogen (secondary N) is 1. The first-order valence-corrected chi connectivity index (χ1v) is 6.26. The molecule has 0 atom stereocenters. The zero-order valence-electron chi connectivity index (χ0n) is 10.6. The number of aromatic nitrogens is 1. The maximum absolute atomic E-state index is 4.65. The molecule has 0 bridgehead atoms. The molecule has 1 aliphatic heterocycles. The number of aliphatic imine (C=N–C) groups is 1. The van der Waals surface area contributed by atoms with E-state index in [9.17, 15) is 0 Å². The van der Waals surface area contributed by atoms with Gasteiger partial charge in [-0.1, -0.05) is 6.07 Å². The van der Waals surface area contributed by atoms with Gasteiger partial charge in [0.2, 0.25) is 0 Å². The Balaban J connectivity index is 2.11. The van der Waals surface area contributed by atoms with Crippen molar-refractivity contribution in [2.45, 2.75) is 32.7 Å². The summed E-state index contributed by atoms with van der Waals surface area (Å²) >= 11 is 0. The van der Waals surface area contributed by atoms with Gasteiger partial charge in [0.15, 0.2) is 5.96 Å². The fourth-order valence-electron chi connectivity index (χ4n) is 1.92. The Morgan fingerprint density at radius 2 is 2.12 bits per heavy atom. The molecule has 1 N–H and O–H groups in total. The van der Waals surface area contributed by atoms with Crippen molar-refractivity contribution < 1.29 is 0 Å². The van der Waals surface area contributed by atoms with Crippen molar-refractivity contribution in [1.82, 2.24) is 9.88 Å². The lowest BCUT2D eigenvalue weighted by atomic mass is 10.4. The van der Waals surface area contributed by atoms with Crippen LogP contribution in [-0.2, 0) is 0 Å². The number of guanidine groups is 1. The normalized spacial score (nSPS) is 16.6. The smallest absolute Gasteiger partial charge is 0.199 e. The summed E-state index contributed by atoms with van der Waals surface area (Å²) in [7, 11) is 0. The van der Waals surface area contributed by atoms with E-state index in [0.717, 1.165) is 24.9 Å². The predicted octanol–water partition coefficient (Wildman–Crippen LogP) is 2.35. The van der Waals surface area contributed by atoms with Crippen LogP contribution in [0.5, 0.6) is 0 Å². The van der Waals surface area contributed by atoms with Crippen LogP contribution in [0.25, 0.3) is 0 Å². The largest absolute Gasteiger partial charge is 0.343 e. The molecule has 1 aromatic heterocycles. The van der Waals surface area contributed by atoms with Gasteiger partial charge in [0.1, 0.15) is 5.82 Å². The molecule has 1 saturated heterocycles. The highest BCUT2D eigenvalue weighted by atomic mass is 15.3. The summed E-state index contributed by atoms with van der Waals surface area (Å²) < 4.78 is 0. The molecule has 0 unspecified atom stereocenters. The molecule has 4 heteroatoms. The Morgan fingerprint density at radius 1 is 1.35 bits per heavy atom. The van der Waals surface area contributed by atoms with Gasteiger partial charge >= 0.3 is 0 Å². The van der Waals surface area contributed by atoms with Crippen LogP contribution >= 0.6 is 0 Å². The first kappa shape index (κ1) is 11.9. The lowest BCUT2D eigenvalue weighted by Crippen LogP contribution is -2.35. The Bertz CT molecular complexity index is 366. The Morgan fingerprint density at radius 3 is 2.71 bits per heavy atom. The van der Waals surface area contributed by atoms with Gasteiger partial charge in [0.05, 0.1) is 0 Å². The fraction of sp³-hybridized carbons (Fsp3) is 0.538. The molecular weight excluding hydrogens is 212 g/mol. The SMILES string of the molecule is CC(C)N=C(Nc1ccccn1)N1CCCC1. The number of likely N-dealkylation sites (tertiary alicyclic amines) is 1. The monoisotopic (exact) mass is 232 g/mol. The maximum Gasteiger partial charge on any atom is 0.199 e. The summed E-state index contributed by atoms with van der Waals surface area (Å²) in [6.45, 7) is 6.36. The van der Waals surface area contributed by atoms with E-state index >= 15 is 0 Å². The van der Waals surface area contributed by atoms with Gasteiger partial charge in [-0.05, 0) is 38.8 Å². The number of hydrogen-bond donors (Lipinski definition) is 1. The van der Waals surface area contributed by atoms with E-state index in [1.54, 1.807) is 6.20 Å². The van der Waals surface area contributed by atoms with Crippen molar-refractivity contribution >= 4 is 11.8 Å². The molecule has 0 saturated carbocycles. The Kier molecular flexibility index (Phi) is 3.96. The minimum absolute atomic E-state index is 0.293. The highest BCUT2D eigenvalue weighted by molar-refractivity contribution is 5.93. The molecule has 0 aromatic carbocycles. The summed E-state index contributed by atoms with van der Waals surface area (Å²) in [5.74, 6) is 1.81. The predicted molar refractivity (Wildman–Crippen MR) is 71.2 cm³/mol. The second-order valence-corrected chi connectivity index (χ2v) is 4.58. The van der Waals surface area contributed by atoms with Crippen LogP contribution in [0.15, 0.2) is 29.4 Å². The standard InChI is InChI=1S/C13H20N4/c1-11(2)15-13(17-9-5-6-10-17)16-12-7-3-4-8-14-12/h3-4,7-8,11H,5-6,9-10H2,1-2H3,(H,14,15,16). The van der Waals surface area contributed by atoms with Crippen LogP contribution < -0.4 is 5.32 Å². The third kappa shape index (κ3) is 3.44. The van der Waals surface area contributed by atoms with Gasteiger partial charge in [0, 0.05) is 25.3 Å². The zero-order chi connectivity index (χ0) is 12.1. The van der Waals surface area contributed by atoms with Crippen LogP contribution in [-0.4, -0.2) is 35.0 Å². The molecule has 2 rings (SSSR count). The molecule has 0 amide bonds. The van der Waals surface area contributed by atoms with Crippen molar-refractivity contribution in [3.63, 3.8) is 0 Å². The summed E-state index contributed by atoms with van der Waals surface area (Å²) in [5, 5.41) is 3.32. The number of rotatable bonds is 2. The van der Waals surface area contributed by atoms with Crippen LogP contribution in [0.4, 0.5) is 5.82 Å². The Hall–Kier alpha value is -1.58. The summed E-state index contributed by atoms with van der Waals surface area (Å²) in [5.41, 5.74) is 0. The van der Waals surface area contributed by atoms with Crippen LogP contribution in [0.2, 0.25) is 0 Å². The number of nitrogens with zero attached hydrogens (tertiary/aromatic N) is 3. The topological polar surface area (TPSA) is 40.5 Å². The minimum atomic E-state index is 0.293. The van der Waals surface area contributed by atoms with Gasteiger partial charge < -0.3 is 10.2 Å². The quantitative estimate of drug-likeness (QED) is 0.628. The number of pyridine rings is 1. The maximum atomic E-state index is 4.65. The molecule has 1 aliphatic rings. The lowest BCUT2D eigenvalue weighted by Gasteiger charge is -2.21. The number of hydrogen-bond acceptors (Lipinski definition) is 2. The first-order valence-electron chi connectivity index (χ1n) is 6.26.